The number of likely N-dealkylation sites (N-methyl/N-ethyl adjacent to an activating group) is 1. The highest BCUT2D eigenvalue weighted by Gasteiger charge is 2.14. The zero-order chi connectivity index (χ0) is 11.3. The Kier molecular flexibility index (Phi) is 5.22. The van der Waals surface area contributed by atoms with Crippen molar-refractivity contribution in [2.45, 2.75) is 13.0 Å². The average molecular weight is 276 g/mol. The quantitative estimate of drug-likeness (QED) is 0.892. The molecule has 1 aromatic rings. The van der Waals surface area contributed by atoms with Crippen molar-refractivity contribution in [3.8, 4) is 0 Å². The van der Waals surface area contributed by atoms with Gasteiger partial charge in [0.15, 0.2) is 0 Å². The molecule has 0 amide bonds. The Morgan fingerprint density at radius 2 is 2.27 bits per heavy atom. The molecule has 0 saturated carbocycles. The minimum absolute atomic E-state index is 0.00928. The number of rotatable bonds is 5. The Morgan fingerprint density at radius 3 is 2.87 bits per heavy atom. The van der Waals surface area contributed by atoms with Crippen molar-refractivity contribution in [3.63, 3.8) is 0 Å². The van der Waals surface area contributed by atoms with Crippen LogP contribution in [0.4, 0.5) is 4.39 Å². The zero-order valence-electron chi connectivity index (χ0n) is 8.89. The van der Waals surface area contributed by atoms with Gasteiger partial charge in [0.25, 0.3) is 0 Å². The van der Waals surface area contributed by atoms with Crippen LogP contribution in [0, 0.1) is 5.82 Å². The summed E-state index contributed by atoms with van der Waals surface area (Å²) in [4.78, 5) is 0. The molecule has 2 nitrogen and oxygen atoms in total. The summed E-state index contributed by atoms with van der Waals surface area (Å²) in [6, 6.07) is 5.02. The van der Waals surface area contributed by atoms with Gasteiger partial charge in [-0.3, -0.25) is 0 Å². The molecule has 0 aromatic heterocycles. The second kappa shape index (κ2) is 6.20. The lowest BCUT2D eigenvalue weighted by molar-refractivity contribution is 0.125. The Morgan fingerprint density at radius 1 is 1.53 bits per heavy atom. The Balaban J connectivity index is 2.86. The van der Waals surface area contributed by atoms with Crippen LogP contribution in [0.2, 0.25) is 0 Å². The second-order valence-electron chi connectivity index (χ2n) is 3.14. The lowest BCUT2D eigenvalue weighted by atomic mass is 10.1. The summed E-state index contributed by atoms with van der Waals surface area (Å²) in [5, 5.41) is 3.10. The molecule has 0 saturated heterocycles. The van der Waals surface area contributed by atoms with Gasteiger partial charge < -0.3 is 10.1 Å². The normalized spacial score (nSPS) is 12.8. The fraction of sp³-hybridized carbons (Fsp3) is 0.455. The van der Waals surface area contributed by atoms with Crippen LogP contribution in [0.5, 0.6) is 0 Å². The van der Waals surface area contributed by atoms with Crippen molar-refractivity contribution in [2.75, 3.05) is 20.3 Å². The third kappa shape index (κ3) is 3.26. The van der Waals surface area contributed by atoms with E-state index in [2.05, 4.69) is 21.2 Å². The van der Waals surface area contributed by atoms with Gasteiger partial charge in [-0.25, -0.2) is 4.39 Å². The van der Waals surface area contributed by atoms with E-state index in [1.54, 1.807) is 6.07 Å². The van der Waals surface area contributed by atoms with Gasteiger partial charge in [-0.2, -0.15) is 0 Å². The van der Waals surface area contributed by atoms with E-state index in [0.29, 0.717) is 17.7 Å². The molecule has 1 unspecified atom stereocenters. The van der Waals surface area contributed by atoms with Crippen LogP contribution in [0.3, 0.4) is 0 Å². The molecule has 4 heteroatoms. The van der Waals surface area contributed by atoms with E-state index in [4.69, 9.17) is 4.74 Å². The summed E-state index contributed by atoms with van der Waals surface area (Å²) < 4.78 is 19.1. The van der Waals surface area contributed by atoms with Crippen LogP contribution in [0.25, 0.3) is 0 Å². The molecule has 0 aliphatic heterocycles. The van der Waals surface area contributed by atoms with Crippen molar-refractivity contribution in [2.24, 2.45) is 0 Å². The molecular formula is C11H15BrFNO. The monoisotopic (exact) mass is 275 g/mol. The maximum atomic E-state index is 13.3. The Bertz CT molecular complexity index is 319. The van der Waals surface area contributed by atoms with Crippen LogP contribution in [0.15, 0.2) is 22.7 Å². The van der Waals surface area contributed by atoms with E-state index < -0.39 is 0 Å². The number of hydrogen-bond donors (Lipinski definition) is 1. The fourth-order valence-electron chi connectivity index (χ4n) is 1.35. The lowest BCUT2D eigenvalue weighted by Crippen LogP contribution is -2.22. The van der Waals surface area contributed by atoms with Gasteiger partial charge >= 0.3 is 0 Å². The second-order valence-corrected chi connectivity index (χ2v) is 3.94. The van der Waals surface area contributed by atoms with Gasteiger partial charge in [0, 0.05) is 6.61 Å². The largest absolute Gasteiger partial charge is 0.380 e. The topological polar surface area (TPSA) is 21.3 Å². The van der Waals surface area contributed by atoms with Crippen molar-refractivity contribution in [1.82, 2.24) is 5.32 Å². The summed E-state index contributed by atoms with van der Waals surface area (Å²) in [7, 11) is 1.83. The summed E-state index contributed by atoms with van der Waals surface area (Å²) in [6.45, 7) is 3.13. The van der Waals surface area contributed by atoms with Crippen LogP contribution in [0.1, 0.15) is 18.5 Å². The van der Waals surface area contributed by atoms with Crippen molar-refractivity contribution < 1.29 is 9.13 Å². The minimum atomic E-state index is -0.246. The number of ether oxygens (including phenoxy) is 1. The van der Waals surface area contributed by atoms with Gasteiger partial charge in [-0.15, -0.1) is 0 Å². The predicted octanol–water partition coefficient (Wildman–Crippen LogP) is 2.89. The van der Waals surface area contributed by atoms with Crippen LogP contribution < -0.4 is 5.32 Å². The van der Waals surface area contributed by atoms with Gasteiger partial charge in [0.1, 0.15) is 5.82 Å². The molecule has 1 rings (SSSR count). The molecule has 15 heavy (non-hydrogen) atoms. The summed E-state index contributed by atoms with van der Waals surface area (Å²) in [5.74, 6) is -0.246. The highest BCUT2D eigenvalue weighted by Crippen LogP contribution is 2.26. The highest BCUT2D eigenvalue weighted by molar-refractivity contribution is 9.10. The predicted molar refractivity (Wildman–Crippen MR) is 62.4 cm³/mol. The molecule has 0 heterocycles. The average Bonchev–Trinajstić information content (AvgIpc) is 2.25. The maximum Gasteiger partial charge on any atom is 0.137 e. The summed E-state index contributed by atoms with van der Waals surface area (Å²) in [6.07, 6.45) is 0. The van der Waals surface area contributed by atoms with Gasteiger partial charge in [0.05, 0.1) is 17.1 Å². The standard InChI is InChI=1S/C11H15BrFNO/c1-3-15-7-10(14-2)8-5-4-6-9(13)11(8)12/h4-6,10,14H,3,7H2,1-2H3. The number of nitrogens with one attached hydrogen (secondary N) is 1. The Labute approximate surface area is 98.0 Å². The van der Waals surface area contributed by atoms with E-state index >= 15 is 0 Å². The number of halogens is 2. The van der Waals surface area contributed by atoms with Crippen molar-refractivity contribution in [1.29, 1.82) is 0 Å². The molecule has 1 N–H and O–H groups in total. The van der Waals surface area contributed by atoms with E-state index in [9.17, 15) is 4.39 Å². The van der Waals surface area contributed by atoms with E-state index in [1.807, 2.05) is 20.0 Å². The highest BCUT2D eigenvalue weighted by atomic mass is 79.9. The van der Waals surface area contributed by atoms with Crippen LogP contribution in [-0.2, 0) is 4.74 Å². The fourth-order valence-corrected chi connectivity index (χ4v) is 1.89. The third-order valence-corrected chi connectivity index (χ3v) is 3.03. The van der Waals surface area contributed by atoms with Crippen molar-refractivity contribution in [3.05, 3.63) is 34.1 Å². The minimum Gasteiger partial charge on any atom is -0.380 e. The Hall–Kier alpha value is -0.450. The van der Waals surface area contributed by atoms with Gasteiger partial charge in [-0.05, 0) is 41.5 Å². The number of hydrogen-bond acceptors (Lipinski definition) is 2. The molecule has 0 spiro atoms. The lowest BCUT2D eigenvalue weighted by Gasteiger charge is -2.18. The smallest absolute Gasteiger partial charge is 0.137 e. The summed E-state index contributed by atoms with van der Waals surface area (Å²) >= 11 is 3.24. The molecule has 1 aromatic carbocycles. The summed E-state index contributed by atoms with van der Waals surface area (Å²) in [5.41, 5.74) is 0.881. The molecule has 0 radical (unpaired) electrons. The third-order valence-electron chi connectivity index (χ3n) is 2.19. The molecule has 1 atom stereocenters. The molecule has 0 aliphatic rings. The number of benzene rings is 1. The van der Waals surface area contributed by atoms with Gasteiger partial charge in [0.2, 0.25) is 0 Å². The molecular weight excluding hydrogens is 261 g/mol. The molecule has 0 fully saturated rings. The van der Waals surface area contributed by atoms with Crippen molar-refractivity contribution >= 4 is 15.9 Å². The van der Waals surface area contributed by atoms with E-state index in [-0.39, 0.29) is 11.9 Å². The van der Waals surface area contributed by atoms with Crippen LogP contribution in [-0.4, -0.2) is 20.3 Å². The molecule has 84 valence electrons. The first kappa shape index (κ1) is 12.6. The molecule has 0 aliphatic carbocycles. The van der Waals surface area contributed by atoms with E-state index in [1.165, 1.54) is 6.07 Å². The molecule has 0 bridgehead atoms. The first-order chi connectivity index (χ1) is 7.20. The maximum absolute atomic E-state index is 13.3. The van der Waals surface area contributed by atoms with Gasteiger partial charge in [-0.1, -0.05) is 12.1 Å². The zero-order valence-corrected chi connectivity index (χ0v) is 10.5. The SMILES string of the molecule is CCOCC(NC)c1cccc(F)c1Br. The first-order valence-electron chi connectivity index (χ1n) is 4.89. The van der Waals surface area contributed by atoms with Crippen LogP contribution >= 0.6 is 15.9 Å². The first-order valence-corrected chi connectivity index (χ1v) is 5.69. The van der Waals surface area contributed by atoms with E-state index in [0.717, 1.165) is 5.56 Å².